The first-order valence-corrected chi connectivity index (χ1v) is 9.53. The van der Waals surface area contributed by atoms with Gasteiger partial charge in [-0.3, -0.25) is 24.2 Å². The van der Waals surface area contributed by atoms with Crippen LogP contribution in [0.5, 0.6) is 0 Å². The van der Waals surface area contributed by atoms with Crippen LogP contribution in [-0.4, -0.2) is 45.5 Å². The molecule has 2 saturated heterocycles. The summed E-state index contributed by atoms with van der Waals surface area (Å²) in [6.45, 7) is 2.80. The van der Waals surface area contributed by atoms with E-state index < -0.39 is 35.5 Å². The molecule has 0 saturated carbocycles. The summed E-state index contributed by atoms with van der Waals surface area (Å²) in [7, 11) is 0. The molecule has 4 rings (SSSR count). The number of hydrogen-bond acceptors (Lipinski definition) is 6. The highest BCUT2D eigenvalue weighted by atomic mass is 32.1. The quantitative estimate of drug-likeness (QED) is 0.557. The Bertz CT molecular complexity index is 1010. The first-order chi connectivity index (χ1) is 14.2. The van der Waals surface area contributed by atoms with Gasteiger partial charge in [-0.05, 0) is 50.3 Å². The number of benzene rings is 2. The lowest BCUT2D eigenvalue weighted by Gasteiger charge is -2.40. The molecule has 8 nitrogen and oxygen atoms in total. The highest BCUT2D eigenvalue weighted by Crippen LogP contribution is 2.32. The number of para-hydroxylation sites is 2. The smallest absolute Gasteiger partial charge is 0.418 e. The van der Waals surface area contributed by atoms with Crippen LogP contribution in [0.3, 0.4) is 0 Å². The number of amides is 4. The zero-order valence-corrected chi connectivity index (χ0v) is 17.0. The number of rotatable bonds is 3. The lowest BCUT2D eigenvalue weighted by molar-refractivity contribution is -0.143. The van der Waals surface area contributed by atoms with Crippen LogP contribution in [0.1, 0.15) is 13.8 Å². The molecule has 2 heterocycles. The van der Waals surface area contributed by atoms with Crippen LogP contribution in [0.15, 0.2) is 60.7 Å². The number of nitrogens with zero attached hydrogens (tertiary/aromatic N) is 3. The molecular formula is C21H17N3O5S. The maximum absolute atomic E-state index is 13.4. The van der Waals surface area contributed by atoms with E-state index in [4.69, 9.17) is 17.0 Å². The van der Waals surface area contributed by atoms with Crippen LogP contribution in [-0.2, 0) is 19.1 Å². The van der Waals surface area contributed by atoms with E-state index in [0.29, 0.717) is 16.3 Å². The van der Waals surface area contributed by atoms with Gasteiger partial charge in [0.25, 0.3) is 17.7 Å². The van der Waals surface area contributed by atoms with E-state index in [1.165, 1.54) is 13.8 Å². The van der Waals surface area contributed by atoms with Gasteiger partial charge in [-0.25, -0.2) is 9.69 Å². The van der Waals surface area contributed by atoms with E-state index in [9.17, 15) is 19.2 Å². The van der Waals surface area contributed by atoms with Crippen LogP contribution < -0.4 is 9.80 Å². The topological polar surface area (TPSA) is 87.2 Å². The van der Waals surface area contributed by atoms with Gasteiger partial charge in [0.2, 0.25) is 6.04 Å². The Balaban J connectivity index is 1.86. The lowest BCUT2D eigenvalue weighted by atomic mass is 10.1. The molecule has 2 aromatic carbocycles. The summed E-state index contributed by atoms with van der Waals surface area (Å²) < 4.78 is 5.10. The molecular weight excluding hydrogens is 406 g/mol. The zero-order chi connectivity index (χ0) is 21.6. The summed E-state index contributed by atoms with van der Waals surface area (Å²) >= 11 is 5.49. The summed E-state index contributed by atoms with van der Waals surface area (Å²) in [6.07, 6.45) is -1.05. The van der Waals surface area contributed by atoms with Gasteiger partial charge in [0.05, 0.1) is 11.4 Å². The fourth-order valence-corrected chi connectivity index (χ4v) is 3.79. The Morgan fingerprint density at radius 2 is 1.23 bits per heavy atom. The molecule has 0 bridgehead atoms. The summed E-state index contributed by atoms with van der Waals surface area (Å²) in [5, 5.41) is -0.0714. The Morgan fingerprint density at radius 3 is 1.60 bits per heavy atom. The molecule has 0 spiro atoms. The number of ether oxygens (including phenoxy) is 1. The molecule has 0 unspecified atom stereocenters. The van der Waals surface area contributed by atoms with Gasteiger partial charge in [0.1, 0.15) is 0 Å². The van der Waals surface area contributed by atoms with Crippen molar-refractivity contribution in [2.75, 3.05) is 9.80 Å². The van der Waals surface area contributed by atoms with Crippen LogP contribution in [0, 0.1) is 0 Å². The third-order valence-corrected chi connectivity index (χ3v) is 5.22. The molecule has 0 aliphatic carbocycles. The van der Waals surface area contributed by atoms with Crippen molar-refractivity contribution in [1.29, 1.82) is 0 Å². The number of carbonyl (C=O) groups excluding carboxylic acids is 4. The fraction of sp³-hybridized carbons (Fsp3) is 0.190. The molecule has 2 aliphatic heterocycles. The molecule has 2 aromatic rings. The molecule has 30 heavy (non-hydrogen) atoms. The van der Waals surface area contributed by atoms with Gasteiger partial charge in [0, 0.05) is 0 Å². The fourth-order valence-electron chi connectivity index (χ4n) is 3.40. The number of carbonyl (C=O) groups is 4. The summed E-state index contributed by atoms with van der Waals surface area (Å²) in [4.78, 5) is 55.0. The van der Waals surface area contributed by atoms with E-state index in [1.54, 1.807) is 60.7 Å². The second-order valence-corrected chi connectivity index (χ2v) is 7.62. The Labute approximate surface area is 177 Å². The Kier molecular flexibility index (Phi) is 4.62. The van der Waals surface area contributed by atoms with Gasteiger partial charge < -0.3 is 4.74 Å². The molecule has 0 N–H and O–H groups in total. The van der Waals surface area contributed by atoms with Crippen molar-refractivity contribution in [3.8, 4) is 0 Å². The van der Waals surface area contributed by atoms with Crippen LogP contribution in [0.2, 0.25) is 0 Å². The summed E-state index contributed by atoms with van der Waals surface area (Å²) in [5.74, 6) is -2.37. The first kappa shape index (κ1) is 19.7. The average Bonchev–Trinajstić information content (AvgIpc) is 2.91. The van der Waals surface area contributed by atoms with Crippen molar-refractivity contribution < 1.29 is 23.9 Å². The van der Waals surface area contributed by atoms with Crippen LogP contribution in [0.4, 0.5) is 16.2 Å². The monoisotopic (exact) mass is 423 g/mol. The highest BCUT2D eigenvalue weighted by Gasteiger charge is 2.58. The maximum atomic E-state index is 13.4. The number of imide groups is 1. The van der Waals surface area contributed by atoms with Crippen molar-refractivity contribution in [3.63, 3.8) is 0 Å². The van der Waals surface area contributed by atoms with Gasteiger partial charge in [0.15, 0.2) is 10.7 Å². The zero-order valence-electron chi connectivity index (χ0n) is 16.1. The predicted octanol–water partition coefficient (Wildman–Crippen LogP) is 2.48. The molecule has 2 fully saturated rings. The van der Waals surface area contributed by atoms with Crippen molar-refractivity contribution in [3.05, 3.63) is 60.7 Å². The molecule has 0 atom stereocenters. The van der Waals surface area contributed by atoms with E-state index in [-0.39, 0.29) is 5.11 Å². The van der Waals surface area contributed by atoms with E-state index in [0.717, 1.165) is 9.80 Å². The highest BCUT2D eigenvalue weighted by molar-refractivity contribution is 7.81. The van der Waals surface area contributed by atoms with Gasteiger partial charge >= 0.3 is 6.09 Å². The molecule has 152 valence electrons. The van der Waals surface area contributed by atoms with E-state index >= 15 is 0 Å². The summed E-state index contributed by atoms with van der Waals surface area (Å²) in [5.41, 5.74) is -0.666. The Morgan fingerprint density at radius 1 is 0.800 bits per heavy atom. The normalized spacial score (nSPS) is 19.5. The number of thiocarbonyl (C=S) groups is 1. The standard InChI is InChI=1S/C21H17N3O5S/c1-21(2)18(27)24(20(28)29-21)15-16(25)22(13-9-5-3-6-10-13)19(30)23(17(15)26)14-11-7-4-8-12-14/h3-12,15H,1-2H3. The Hall–Kier alpha value is -3.59. The lowest BCUT2D eigenvalue weighted by Crippen LogP contribution is -2.68. The molecule has 0 radical (unpaired) electrons. The second-order valence-electron chi connectivity index (χ2n) is 7.26. The van der Waals surface area contributed by atoms with Gasteiger partial charge in [-0.1, -0.05) is 36.4 Å². The van der Waals surface area contributed by atoms with Crippen molar-refractivity contribution in [2.24, 2.45) is 0 Å². The number of cyclic esters (lactones) is 1. The third kappa shape index (κ3) is 2.94. The van der Waals surface area contributed by atoms with Crippen LogP contribution >= 0.6 is 12.2 Å². The number of anilines is 2. The average molecular weight is 423 g/mol. The minimum absolute atomic E-state index is 0.0714. The first-order valence-electron chi connectivity index (χ1n) is 9.12. The summed E-state index contributed by atoms with van der Waals surface area (Å²) in [6, 6.07) is 15.2. The maximum Gasteiger partial charge on any atom is 0.418 e. The molecule has 0 aromatic heterocycles. The largest absolute Gasteiger partial charge is 0.433 e. The molecule has 2 aliphatic rings. The third-order valence-electron chi connectivity index (χ3n) is 4.85. The SMILES string of the molecule is CC1(C)OC(=O)N(C2C(=O)N(c3ccccc3)C(=S)N(c3ccccc3)C2=O)C1=O. The minimum atomic E-state index is -1.74. The molecule has 9 heteroatoms. The molecule has 4 amide bonds. The van der Waals surface area contributed by atoms with Crippen molar-refractivity contribution in [2.45, 2.75) is 25.5 Å². The van der Waals surface area contributed by atoms with Gasteiger partial charge in [-0.15, -0.1) is 0 Å². The van der Waals surface area contributed by atoms with E-state index in [2.05, 4.69) is 0 Å². The minimum Gasteiger partial charge on any atom is -0.433 e. The van der Waals surface area contributed by atoms with Crippen molar-refractivity contribution in [1.82, 2.24) is 4.90 Å². The predicted molar refractivity (Wildman–Crippen MR) is 112 cm³/mol. The van der Waals surface area contributed by atoms with Gasteiger partial charge in [-0.2, -0.15) is 0 Å². The van der Waals surface area contributed by atoms with Crippen molar-refractivity contribution >= 4 is 52.5 Å². The van der Waals surface area contributed by atoms with Crippen LogP contribution in [0.25, 0.3) is 0 Å². The second kappa shape index (κ2) is 7.03. The van der Waals surface area contributed by atoms with E-state index in [1.807, 2.05) is 0 Å². The number of hydrogen-bond donors (Lipinski definition) is 0.